The van der Waals surface area contributed by atoms with Gasteiger partial charge in [0.15, 0.2) is 0 Å². The zero-order valence-corrected chi connectivity index (χ0v) is 12.2. The summed E-state index contributed by atoms with van der Waals surface area (Å²) >= 11 is 0. The molecule has 1 amide bonds. The molecule has 1 fully saturated rings. The molecular formula is C16H24N2O2. The van der Waals surface area contributed by atoms with Crippen molar-refractivity contribution < 1.29 is 9.53 Å². The summed E-state index contributed by atoms with van der Waals surface area (Å²) in [4.78, 5) is 11.9. The molecule has 1 unspecified atom stereocenters. The summed E-state index contributed by atoms with van der Waals surface area (Å²) in [6, 6.07) is 7.94. The molecule has 0 bridgehead atoms. The van der Waals surface area contributed by atoms with Crippen LogP contribution in [-0.4, -0.2) is 25.1 Å². The molecule has 0 aromatic heterocycles. The molecule has 1 atom stereocenters. The minimum atomic E-state index is 0.0649. The standard InChI is InChI=1S/C16H24N2O2/c1-2-3-10-20-15-8-4-6-14(11-15)18-16(19)12-13-7-5-9-17-13/h4,6,8,11,13,17H,2-3,5,7,9-10,12H2,1H3,(H,18,19). The van der Waals surface area contributed by atoms with Gasteiger partial charge in [0.2, 0.25) is 5.91 Å². The van der Waals surface area contributed by atoms with Crippen molar-refractivity contribution in [2.75, 3.05) is 18.5 Å². The zero-order chi connectivity index (χ0) is 14.2. The molecule has 20 heavy (non-hydrogen) atoms. The molecule has 0 radical (unpaired) electrons. The second-order valence-corrected chi connectivity index (χ2v) is 5.28. The highest BCUT2D eigenvalue weighted by molar-refractivity contribution is 5.91. The largest absolute Gasteiger partial charge is 0.494 e. The maximum Gasteiger partial charge on any atom is 0.225 e. The number of hydrogen-bond acceptors (Lipinski definition) is 3. The third-order valence-electron chi connectivity index (χ3n) is 3.48. The SMILES string of the molecule is CCCCOc1cccc(NC(=O)CC2CCCN2)c1. The van der Waals surface area contributed by atoms with E-state index < -0.39 is 0 Å². The predicted octanol–water partition coefficient (Wildman–Crippen LogP) is 2.95. The van der Waals surface area contributed by atoms with E-state index in [2.05, 4.69) is 17.6 Å². The van der Waals surface area contributed by atoms with Gasteiger partial charge in [0, 0.05) is 24.2 Å². The number of carbonyl (C=O) groups excluding carboxylic acids is 1. The van der Waals surface area contributed by atoms with Crippen molar-refractivity contribution in [3.8, 4) is 5.75 Å². The van der Waals surface area contributed by atoms with Gasteiger partial charge in [-0.1, -0.05) is 19.4 Å². The third-order valence-corrected chi connectivity index (χ3v) is 3.48. The Bertz CT molecular complexity index is 428. The van der Waals surface area contributed by atoms with E-state index in [1.165, 1.54) is 6.42 Å². The molecule has 1 heterocycles. The molecule has 1 saturated heterocycles. The van der Waals surface area contributed by atoms with Gasteiger partial charge in [-0.3, -0.25) is 4.79 Å². The minimum Gasteiger partial charge on any atom is -0.494 e. The number of ether oxygens (including phenoxy) is 1. The molecule has 0 saturated carbocycles. The van der Waals surface area contributed by atoms with Crippen LogP contribution in [0.4, 0.5) is 5.69 Å². The van der Waals surface area contributed by atoms with E-state index in [1.807, 2.05) is 24.3 Å². The van der Waals surface area contributed by atoms with Crippen LogP contribution < -0.4 is 15.4 Å². The van der Waals surface area contributed by atoms with Crippen LogP contribution in [0.25, 0.3) is 0 Å². The van der Waals surface area contributed by atoms with Gasteiger partial charge < -0.3 is 15.4 Å². The topological polar surface area (TPSA) is 50.4 Å². The first-order valence-corrected chi connectivity index (χ1v) is 7.54. The van der Waals surface area contributed by atoms with Gasteiger partial charge in [-0.05, 0) is 37.9 Å². The molecule has 2 rings (SSSR count). The number of rotatable bonds is 7. The number of unbranched alkanes of at least 4 members (excludes halogenated alkanes) is 1. The van der Waals surface area contributed by atoms with E-state index in [9.17, 15) is 4.79 Å². The van der Waals surface area contributed by atoms with Gasteiger partial charge in [0.1, 0.15) is 5.75 Å². The summed E-state index contributed by atoms with van der Waals surface area (Å²) in [5.41, 5.74) is 0.807. The van der Waals surface area contributed by atoms with E-state index in [-0.39, 0.29) is 5.91 Å². The highest BCUT2D eigenvalue weighted by atomic mass is 16.5. The van der Waals surface area contributed by atoms with E-state index in [0.29, 0.717) is 12.5 Å². The highest BCUT2D eigenvalue weighted by Gasteiger charge is 2.17. The first kappa shape index (κ1) is 14.9. The Hall–Kier alpha value is -1.55. The lowest BCUT2D eigenvalue weighted by molar-refractivity contribution is -0.116. The van der Waals surface area contributed by atoms with E-state index >= 15 is 0 Å². The second-order valence-electron chi connectivity index (χ2n) is 5.28. The Kier molecular flexibility index (Phi) is 5.87. The Morgan fingerprint density at radius 2 is 2.40 bits per heavy atom. The lowest BCUT2D eigenvalue weighted by atomic mass is 10.1. The highest BCUT2D eigenvalue weighted by Crippen LogP contribution is 2.18. The fourth-order valence-electron chi connectivity index (χ4n) is 2.36. The Morgan fingerprint density at radius 1 is 1.50 bits per heavy atom. The summed E-state index contributed by atoms with van der Waals surface area (Å²) in [5, 5.41) is 6.27. The average Bonchev–Trinajstić information content (AvgIpc) is 2.92. The third kappa shape index (κ3) is 4.85. The molecule has 1 aliphatic rings. The molecule has 2 N–H and O–H groups in total. The van der Waals surface area contributed by atoms with Crippen LogP contribution in [0.15, 0.2) is 24.3 Å². The van der Waals surface area contributed by atoms with Crippen LogP contribution in [0.5, 0.6) is 5.75 Å². The van der Waals surface area contributed by atoms with Gasteiger partial charge in [0.05, 0.1) is 6.61 Å². The van der Waals surface area contributed by atoms with Crippen LogP contribution in [0.2, 0.25) is 0 Å². The van der Waals surface area contributed by atoms with Crippen molar-refractivity contribution >= 4 is 11.6 Å². The molecular weight excluding hydrogens is 252 g/mol. The Balaban J connectivity index is 1.81. The average molecular weight is 276 g/mol. The summed E-state index contributed by atoms with van der Waals surface area (Å²) in [6.45, 7) is 3.88. The molecule has 0 aliphatic carbocycles. The van der Waals surface area contributed by atoms with Crippen molar-refractivity contribution in [1.82, 2.24) is 5.32 Å². The van der Waals surface area contributed by atoms with Crippen LogP contribution in [-0.2, 0) is 4.79 Å². The van der Waals surface area contributed by atoms with E-state index in [4.69, 9.17) is 4.74 Å². The quantitative estimate of drug-likeness (QED) is 0.753. The van der Waals surface area contributed by atoms with Gasteiger partial charge in [-0.25, -0.2) is 0 Å². The number of anilines is 1. The van der Waals surface area contributed by atoms with E-state index in [1.54, 1.807) is 0 Å². The maximum atomic E-state index is 11.9. The monoisotopic (exact) mass is 276 g/mol. The van der Waals surface area contributed by atoms with E-state index in [0.717, 1.165) is 43.9 Å². The fourth-order valence-corrected chi connectivity index (χ4v) is 2.36. The lowest BCUT2D eigenvalue weighted by Crippen LogP contribution is -2.27. The first-order chi connectivity index (χ1) is 9.78. The molecule has 4 nitrogen and oxygen atoms in total. The molecule has 0 spiro atoms. The van der Waals surface area contributed by atoms with Crippen LogP contribution in [0.1, 0.15) is 39.0 Å². The fraction of sp³-hybridized carbons (Fsp3) is 0.562. The Morgan fingerprint density at radius 3 is 3.15 bits per heavy atom. The van der Waals surface area contributed by atoms with Crippen LogP contribution >= 0.6 is 0 Å². The summed E-state index contributed by atoms with van der Waals surface area (Å²) in [5.74, 6) is 0.880. The zero-order valence-electron chi connectivity index (χ0n) is 12.2. The normalized spacial score (nSPS) is 17.9. The van der Waals surface area contributed by atoms with Gasteiger partial charge in [-0.2, -0.15) is 0 Å². The van der Waals surface area contributed by atoms with Crippen LogP contribution in [0.3, 0.4) is 0 Å². The predicted molar refractivity (Wildman–Crippen MR) is 81.1 cm³/mol. The minimum absolute atomic E-state index is 0.0649. The number of amides is 1. The van der Waals surface area contributed by atoms with Gasteiger partial charge in [-0.15, -0.1) is 0 Å². The summed E-state index contributed by atoms with van der Waals surface area (Å²) < 4.78 is 5.64. The smallest absolute Gasteiger partial charge is 0.225 e. The second kappa shape index (κ2) is 7.90. The van der Waals surface area contributed by atoms with Crippen molar-refractivity contribution in [3.63, 3.8) is 0 Å². The molecule has 1 aromatic carbocycles. The summed E-state index contributed by atoms with van der Waals surface area (Å²) in [6.07, 6.45) is 4.96. The van der Waals surface area contributed by atoms with Crippen LogP contribution in [0, 0.1) is 0 Å². The maximum absolute atomic E-state index is 11.9. The number of benzene rings is 1. The van der Waals surface area contributed by atoms with Crippen molar-refractivity contribution in [1.29, 1.82) is 0 Å². The van der Waals surface area contributed by atoms with Crippen molar-refractivity contribution in [2.24, 2.45) is 0 Å². The first-order valence-electron chi connectivity index (χ1n) is 7.54. The molecule has 4 heteroatoms. The molecule has 1 aliphatic heterocycles. The van der Waals surface area contributed by atoms with Gasteiger partial charge in [0.25, 0.3) is 0 Å². The number of hydrogen-bond donors (Lipinski definition) is 2. The number of nitrogens with one attached hydrogen (secondary N) is 2. The lowest BCUT2D eigenvalue weighted by Gasteiger charge is -2.11. The number of carbonyl (C=O) groups is 1. The summed E-state index contributed by atoms with van der Waals surface area (Å²) in [7, 11) is 0. The Labute approximate surface area is 120 Å². The molecule has 110 valence electrons. The van der Waals surface area contributed by atoms with Crippen molar-refractivity contribution in [3.05, 3.63) is 24.3 Å². The van der Waals surface area contributed by atoms with Crippen molar-refractivity contribution in [2.45, 2.75) is 45.1 Å². The van der Waals surface area contributed by atoms with Gasteiger partial charge >= 0.3 is 0 Å². The molecule has 1 aromatic rings.